The molecule has 124 valence electrons. The lowest BCUT2D eigenvalue weighted by atomic mass is 10.1. The maximum absolute atomic E-state index is 12.9. The van der Waals surface area contributed by atoms with E-state index in [0.717, 1.165) is 12.4 Å². The lowest BCUT2D eigenvalue weighted by molar-refractivity contribution is -0.138. The van der Waals surface area contributed by atoms with Gasteiger partial charge in [0.15, 0.2) is 5.69 Å². The molecule has 0 saturated heterocycles. The highest BCUT2D eigenvalue weighted by molar-refractivity contribution is 6.05. The molecular formula is C13H12F3N3O4. The lowest BCUT2D eigenvalue weighted by Crippen LogP contribution is -2.19. The van der Waals surface area contributed by atoms with E-state index >= 15 is 0 Å². The number of anilines is 1. The van der Waals surface area contributed by atoms with Crippen molar-refractivity contribution in [3.05, 3.63) is 35.3 Å². The molecule has 2 aromatic heterocycles. The number of carbonyl (C=O) groups excluding carboxylic acids is 1. The molecule has 0 atom stereocenters. The van der Waals surface area contributed by atoms with E-state index < -0.39 is 23.2 Å². The van der Waals surface area contributed by atoms with Gasteiger partial charge in [0.05, 0.1) is 24.8 Å². The van der Waals surface area contributed by atoms with Crippen LogP contribution in [0.3, 0.4) is 0 Å². The topological polar surface area (TPSA) is 86.5 Å². The Morgan fingerprint density at radius 3 is 2.74 bits per heavy atom. The van der Waals surface area contributed by atoms with Crippen LogP contribution < -0.4 is 10.1 Å². The first kappa shape index (κ1) is 16.7. The minimum Gasteiger partial charge on any atom is -0.490 e. The van der Waals surface area contributed by atoms with Crippen LogP contribution >= 0.6 is 0 Å². The van der Waals surface area contributed by atoms with E-state index in [1.54, 1.807) is 0 Å². The third-order valence-electron chi connectivity index (χ3n) is 2.80. The van der Waals surface area contributed by atoms with Gasteiger partial charge < -0.3 is 14.0 Å². The maximum atomic E-state index is 12.9. The summed E-state index contributed by atoms with van der Waals surface area (Å²) < 4.78 is 53.5. The number of nitrogens with one attached hydrogen (secondary N) is 1. The van der Waals surface area contributed by atoms with Crippen LogP contribution in [0.25, 0.3) is 0 Å². The number of amides is 1. The van der Waals surface area contributed by atoms with Gasteiger partial charge in [-0.25, -0.2) is 0 Å². The Balaban J connectivity index is 2.31. The zero-order valence-electron chi connectivity index (χ0n) is 12.1. The molecule has 2 aromatic rings. The van der Waals surface area contributed by atoms with Gasteiger partial charge in [0, 0.05) is 19.5 Å². The molecule has 0 aliphatic heterocycles. The molecule has 2 rings (SSSR count). The third kappa shape index (κ3) is 3.59. The molecule has 2 heterocycles. The molecule has 1 N–H and O–H groups in total. The monoisotopic (exact) mass is 331 g/mol. The van der Waals surface area contributed by atoms with Crippen molar-refractivity contribution in [3.8, 4) is 5.75 Å². The molecule has 1 amide bonds. The van der Waals surface area contributed by atoms with Crippen molar-refractivity contribution < 1.29 is 32.0 Å². The minimum atomic E-state index is -4.69. The minimum absolute atomic E-state index is 0.0449. The van der Waals surface area contributed by atoms with Gasteiger partial charge in [-0.15, -0.1) is 0 Å². The maximum Gasteiger partial charge on any atom is 0.417 e. The average Bonchev–Trinajstić information content (AvgIpc) is 2.88. The largest absolute Gasteiger partial charge is 0.490 e. The van der Waals surface area contributed by atoms with Gasteiger partial charge in [-0.3, -0.25) is 15.1 Å². The summed E-state index contributed by atoms with van der Waals surface area (Å²) in [5, 5.41) is 5.80. The number of methoxy groups -OCH3 is 2. The van der Waals surface area contributed by atoms with Gasteiger partial charge in [-0.2, -0.15) is 13.2 Å². The summed E-state index contributed by atoms with van der Waals surface area (Å²) >= 11 is 0. The fourth-order valence-corrected chi connectivity index (χ4v) is 1.83. The Bertz CT molecular complexity index is 700. The molecule has 0 aliphatic rings. The fraction of sp³-hybridized carbons (Fsp3) is 0.308. The summed E-state index contributed by atoms with van der Waals surface area (Å²) in [6.07, 6.45) is -2.93. The zero-order valence-corrected chi connectivity index (χ0v) is 12.1. The standard InChI is InChI=1S/C13H12F3N3O4/c1-21-6-9-10(22-2)12(23-19-9)18-11(20)7-5-17-4-3-8(7)13(14,15)16/h3-5H,6H2,1-2H3,(H,18,20). The van der Waals surface area contributed by atoms with Crippen molar-refractivity contribution in [1.82, 2.24) is 10.1 Å². The summed E-state index contributed by atoms with van der Waals surface area (Å²) in [5.74, 6) is -1.21. The van der Waals surface area contributed by atoms with Crippen LogP contribution in [-0.2, 0) is 17.5 Å². The van der Waals surface area contributed by atoms with Crippen molar-refractivity contribution in [2.24, 2.45) is 0 Å². The third-order valence-corrected chi connectivity index (χ3v) is 2.80. The second-order valence-corrected chi connectivity index (χ2v) is 4.30. The van der Waals surface area contributed by atoms with Crippen LogP contribution in [0.4, 0.5) is 19.1 Å². The summed E-state index contributed by atoms with van der Waals surface area (Å²) in [4.78, 5) is 15.6. The first-order valence-electron chi connectivity index (χ1n) is 6.22. The van der Waals surface area contributed by atoms with E-state index in [1.165, 1.54) is 14.2 Å². The normalized spacial score (nSPS) is 11.3. The van der Waals surface area contributed by atoms with Crippen LogP contribution in [-0.4, -0.2) is 30.3 Å². The number of halogens is 3. The van der Waals surface area contributed by atoms with Crippen LogP contribution in [0.1, 0.15) is 21.6 Å². The Morgan fingerprint density at radius 2 is 2.13 bits per heavy atom. The number of pyridine rings is 1. The van der Waals surface area contributed by atoms with E-state index in [9.17, 15) is 18.0 Å². The molecule has 0 fully saturated rings. The number of nitrogens with zero attached hydrogens (tertiary/aromatic N) is 2. The molecule has 10 heteroatoms. The molecule has 0 spiro atoms. The van der Waals surface area contributed by atoms with Crippen LogP contribution in [0, 0.1) is 0 Å². The SMILES string of the molecule is COCc1noc(NC(=O)c2cnccc2C(F)(F)F)c1OC. The highest BCUT2D eigenvalue weighted by Gasteiger charge is 2.35. The number of rotatable bonds is 5. The van der Waals surface area contributed by atoms with E-state index in [1.807, 2.05) is 0 Å². The quantitative estimate of drug-likeness (QED) is 0.906. The van der Waals surface area contributed by atoms with Crippen LogP contribution in [0.15, 0.2) is 23.0 Å². The summed E-state index contributed by atoms with van der Waals surface area (Å²) in [6.45, 7) is 0.0449. The van der Waals surface area contributed by atoms with Crippen molar-refractivity contribution in [3.63, 3.8) is 0 Å². The van der Waals surface area contributed by atoms with Gasteiger partial charge in [0.2, 0.25) is 5.75 Å². The predicted molar refractivity (Wildman–Crippen MR) is 71.0 cm³/mol. The smallest absolute Gasteiger partial charge is 0.417 e. The number of carbonyl (C=O) groups is 1. The Hall–Kier alpha value is -2.62. The summed E-state index contributed by atoms with van der Waals surface area (Å²) in [7, 11) is 2.71. The molecule has 0 unspecified atom stereocenters. The second kappa shape index (κ2) is 6.65. The van der Waals surface area contributed by atoms with E-state index in [-0.39, 0.29) is 23.9 Å². The zero-order chi connectivity index (χ0) is 17.0. The van der Waals surface area contributed by atoms with E-state index in [4.69, 9.17) is 14.0 Å². The molecule has 0 bridgehead atoms. The van der Waals surface area contributed by atoms with Gasteiger partial charge in [0.25, 0.3) is 11.8 Å². The van der Waals surface area contributed by atoms with Gasteiger partial charge >= 0.3 is 6.18 Å². The molecule has 7 nitrogen and oxygen atoms in total. The number of alkyl halides is 3. The number of hydrogen-bond donors (Lipinski definition) is 1. The Morgan fingerprint density at radius 1 is 1.39 bits per heavy atom. The molecule has 0 saturated carbocycles. The molecule has 23 heavy (non-hydrogen) atoms. The highest BCUT2D eigenvalue weighted by atomic mass is 19.4. The van der Waals surface area contributed by atoms with Gasteiger partial charge in [-0.1, -0.05) is 5.16 Å². The summed E-state index contributed by atoms with van der Waals surface area (Å²) in [6, 6.07) is 0.711. The van der Waals surface area contributed by atoms with Crippen molar-refractivity contribution in [2.75, 3.05) is 19.5 Å². The molecular weight excluding hydrogens is 319 g/mol. The van der Waals surface area contributed by atoms with Gasteiger partial charge in [-0.05, 0) is 6.07 Å². The molecule has 0 radical (unpaired) electrons. The highest BCUT2D eigenvalue weighted by Crippen LogP contribution is 2.33. The van der Waals surface area contributed by atoms with Crippen LogP contribution in [0.2, 0.25) is 0 Å². The van der Waals surface area contributed by atoms with Crippen molar-refractivity contribution in [1.29, 1.82) is 0 Å². The second-order valence-electron chi connectivity index (χ2n) is 4.30. The summed E-state index contributed by atoms with van der Waals surface area (Å²) in [5.41, 5.74) is -1.50. The Kier molecular flexibility index (Phi) is 4.84. The van der Waals surface area contributed by atoms with Crippen LogP contribution in [0.5, 0.6) is 5.75 Å². The number of aromatic nitrogens is 2. The number of hydrogen-bond acceptors (Lipinski definition) is 6. The van der Waals surface area contributed by atoms with E-state index in [0.29, 0.717) is 6.07 Å². The van der Waals surface area contributed by atoms with E-state index in [2.05, 4.69) is 15.5 Å². The van der Waals surface area contributed by atoms with Crippen molar-refractivity contribution >= 4 is 11.8 Å². The first-order valence-corrected chi connectivity index (χ1v) is 6.22. The predicted octanol–water partition coefficient (Wildman–Crippen LogP) is 2.50. The first-order chi connectivity index (χ1) is 10.9. The van der Waals surface area contributed by atoms with Crippen molar-refractivity contribution in [2.45, 2.75) is 12.8 Å². The molecule has 0 aromatic carbocycles. The Labute approximate surface area is 128 Å². The molecule has 0 aliphatic carbocycles. The lowest BCUT2D eigenvalue weighted by Gasteiger charge is -2.11. The van der Waals surface area contributed by atoms with Gasteiger partial charge in [0.1, 0.15) is 0 Å². The average molecular weight is 331 g/mol. The number of ether oxygens (including phenoxy) is 2. The fourth-order valence-electron chi connectivity index (χ4n) is 1.83.